The van der Waals surface area contributed by atoms with E-state index in [0.29, 0.717) is 17.9 Å². The third kappa shape index (κ3) is 2.27. The van der Waals surface area contributed by atoms with Gasteiger partial charge in [-0.15, -0.1) is 0 Å². The SMILES string of the molecule is Cc1cc(=O)n2c(CCc3ccccc3)n[nH]c2n1. The average Bonchev–Trinajstić information content (AvgIpc) is 2.81. The first-order valence-electron chi connectivity index (χ1n) is 6.21. The third-order valence-corrected chi connectivity index (χ3v) is 3.07. The molecule has 96 valence electrons. The molecule has 5 nitrogen and oxygen atoms in total. The second-order valence-electron chi connectivity index (χ2n) is 4.52. The Morgan fingerprint density at radius 2 is 2.00 bits per heavy atom. The van der Waals surface area contributed by atoms with E-state index in [1.807, 2.05) is 18.2 Å². The Morgan fingerprint density at radius 3 is 2.79 bits per heavy atom. The zero-order chi connectivity index (χ0) is 13.2. The number of H-pyrrole nitrogens is 1. The summed E-state index contributed by atoms with van der Waals surface area (Å²) in [5.74, 6) is 1.23. The van der Waals surface area contributed by atoms with E-state index in [2.05, 4.69) is 27.3 Å². The Morgan fingerprint density at radius 1 is 1.21 bits per heavy atom. The molecule has 0 saturated carbocycles. The second kappa shape index (κ2) is 4.68. The number of nitrogens with zero attached hydrogens (tertiary/aromatic N) is 3. The van der Waals surface area contributed by atoms with Gasteiger partial charge in [-0.05, 0) is 18.9 Å². The van der Waals surface area contributed by atoms with Crippen molar-refractivity contribution in [3.63, 3.8) is 0 Å². The topological polar surface area (TPSA) is 63.1 Å². The van der Waals surface area contributed by atoms with Crippen LogP contribution in [0.15, 0.2) is 41.2 Å². The third-order valence-electron chi connectivity index (χ3n) is 3.07. The van der Waals surface area contributed by atoms with Crippen molar-refractivity contribution in [1.29, 1.82) is 0 Å². The minimum atomic E-state index is -0.0840. The first-order valence-corrected chi connectivity index (χ1v) is 6.21. The minimum Gasteiger partial charge on any atom is -0.269 e. The summed E-state index contributed by atoms with van der Waals surface area (Å²) >= 11 is 0. The normalized spacial score (nSPS) is 11.0. The van der Waals surface area contributed by atoms with Crippen LogP contribution in [0.4, 0.5) is 0 Å². The Bertz CT molecular complexity index is 758. The van der Waals surface area contributed by atoms with Crippen LogP contribution in [0.25, 0.3) is 5.78 Å². The Balaban J connectivity index is 1.92. The molecule has 2 heterocycles. The molecule has 0 unspecified atom stereocenters. The lowest BCUT2D eigenvalue weighted by Crippen LogP contribution is -2.16. The van der Waals surface area contributed by atoms with E-state index in [-0.39, 0.29) is 5.56 Å². The zero-order valence-electron chi connectivity index (χ0n) is 10.6. The van der Waals surface area contributed by atoms with Crippen LogP contribution < -0.4 is 5.56 Å². The van der Waals surface area contributed by atoms with Crippen molar-refractivity contribution in [2.45, 2.75) is 19.8 Å². The summed E-state index contributed by atoms with van der Waals surface area (Å²) in [5.41, 5.74) is 1.84. The predicted molar refractivity (Wildman–Crippen MR) is 72.2 cm³/mol. The number of aryl methyl sites for hydroxylation is 3. The first kappa shape index (κ1) is 11.6. The van der Waals surface area contributed by atoms with Gasteiger partial charge in [0.1, 0.15) is 5.82 Å². The molecule has 0 bridgehead atoms. The van der Waals surface area contributed by atoms with E-state index in [0.717, 1.165) is 12.2 Å². The molecular formula is C14H14N4O. The standard InChI is InChI=1S/C14H14N4O/c1-10-9-13(19)18-12(16-17-14(18)15-10)8-7-11-5-3-2-4-6-11/h2-6,9H,7-8H2,1H3,(H,15,17). The molecule has 3 rings (SSSR count). The maximum Gasteiger partial charge on any atom is 0.260 e. The highest BCUT2D eigenvalue weighted by Gasteiger charge is 2.08. The molecule has 0 aliphatic heterocycles. The molecule has 0 radical (unpaired) electrons. The summed E-state index contributed by atoms with van der Waals surface area (Å²) in [7, 11) is 0. The molecule has 5 heteroatoms. The molecule has 2 aromatic heterocycles. The van der Waals surface area contributed by atoms with Gasteiger partial charge in [-0.25, -0.2) is 14.5 Å². The van der Waals surface area contributed by atoms with Gasteiger partial charge in [0, 0.05) is 18.2 Å². The maximum atomic E-state index is 12.0. The van der Waals surface area contributed by atoms with E-state index < -0.39 is 0 Å². The summed E-state index contributed by atoms with van der Waals surface area (Å²) < 4.78 is 1.54. The van der Waals surface area contributed by atoms with Crippen LogP contribution >= 0.6 is 0 Å². The Kier molecular flexibility index (Phi) is 2.87. The molecular weight excluding hydrogens is 240 g/mol. The van der Waals surface area contributed by atoms with Crippen LogP contribution in [-0.4, -0.2) is 19.6 Å². The molecule has 0 atom stereocenters. The number of fused-ring (bicyclic) bond motifs is 1. The van der Waals surface area contributed by atoms with E-state index in [9.17, 15) is 4.79 Å². The van der Waals surface area contributed by atoms with Crippen LogP contribution in [0.5, 0.6) is 0 Å². The molecule has 3 aromatic rings. The largest absolute Gasteiger partial charge is 0.269 e. The molecule has 0 amide bonds. The lowest BCUT2D eigenvalue weighted by atomic mass is 10.1. The van der Waals surface area contributed by atoms with Crippen molar-refractivity contribution >= 4 is 5.78 Å². The van der Waals surface area contributed by atoms with Gasteiger partial charge >= 0.3 is 0 Å². The fraction of sp³-hybridized carbons (Fsp3) is 0.214. The maximum absolute atomic E-state index is 12.0. The Hall–Kier alpha value is -2.43. The number of hydrogen-bond donors (Lipinski definition) is 1. The minimum absolute atomic E-state index is 0.0840. The van der Waals surface area contributed by atoms with Crippen LogP contribution in [0, 0.1) is 6.92 Å². The molecule has 0 aliphatic rings. The molecule has 0 spiro atoms. The van der Waals surface area contributed by atoms with E-state index in [1.54, 1.807) is 6.92 Å². The number of hydrogen-bond acceptors (Lipinski definition) is 3. The average molecular weight is 254 g/mol. The molecule has 0 fully saturated rings. The van der Waals surface area contributed by atoms with Gasteiger partial charge in [-0.2, -0.15) is 5.10 Å². The summed E-state index contributed by atoms with van der Waals surface area (Å²) in [6, 6.07) is 11.7. The van der Waals surface area contributed by atoms with Gasteiger partial charge < -0.3 is 0 Å². The molecule has 1 aromatic carbocycles. The van der Waals surface area contributed by atoms with Crippen molar-refractivity contribution < 1.29 is 0 Å². The summed E-state index contributed by atoms with van der Waals surface area (Å²) in [6.45, 7) is 1.80. The van der Waals surface area contributed by atoms with Crippen molar-refractivity contribution in [2.75, 3.05) is 0 Å². The highest BCUT2D eigenvalue weighted by molar-refractivity contribution is 5.29. The Labute approximate surface area is 109 Å². The van der Waals surface area contributed by atoms with Crippen molar-refractivity contribution in [2.24, 2.45) is 0 Å². The van der Waals surface area contributed by atoms with E-state index >= 15 is 0 Å². The second-order valence-corrected chi connectivity index (χ2v) is 4.52. The highest BCUT2D eigenvalue weighted by Crippen LogP contribution is 2.05. The van der Waals surface area contributed by atoms with Crippen LogP contribution in [0.3, 0.4) is 0 Å². The van der Waals surface area contributed by atoms with Crippen molar-refractivity contribution in [1.82, 2.24) is 19.6 Å². The fourth-order valence-corrected chi connectivity index (χ4v) is 2.15. The van der Waals surface area contributed by atoms with Gasteiger partial charge in [0.2, 0.25) is 5.78 Å². The first-order chi connectivity index (χ1) is 9.24. The number of aromatic nitrogens is 4. The van der Waals surface area contributed by atoms with Gasteiger partial charge in [-0.3, -0.25) is 4.79 Å². The predicted octanol–water partition coefficient (Wildman–Crippen LogP) is 1.51. The summed E-state index contributed by atoms with van der Waals surface area (Å²) in [4.78, 5) is 16.2. The van der Waals surface area contributed by atoms with Crippen molar-refractivity contribution in [3.05, 3.63) is 63.8 Å². The summed E-state index contributed by atoms with van der Waals surface area (Å²) in [6.07, 6.45) is 1.55. The molecule has 19 heavy (non-hydrogen) atoms. The van der Waals surface area contributed by atoms with Crippen LogP contribution in [-0.2, 0) is 12.8 Å². The number of benzene rings is 1. The van der Waals surface area contributed by atoms with Crippen LogP contribution in [0.1, 0.15) is 17.1 Å². The molecule has 1 N–H and O–H groups in total. The number of nitrogens with one attached hydrogen (secondary N) is 1. The number of aromatic amines is 1. The molecule has 0 saturated heterocycles. The van der Waals surface area contributed by atoms with Crippen LogP contribution in [0.2, 0.25) is 0 Å². The van der Waals surface area contributed by atoms with E-state index in [1.165, 1.54) is 16.0 Å². The smallest absolute Gasteiger partial charge is 0.260 e. The highest BCUT2D eigenvalue weighted by atomic mass is 16.1. The quantitative estimate of drug-likeness (QED) is 0.770. The van der Waals surface area contributed by atoms with E-state index in [4.69, 9.17) is 0 Å². The van der Waals surface area contributed by atoms with Gasteiger partial charge in [-0.1, -0.05) is 30.3 Å². The van der Waals surface area contributed by atoms with Gasteiger partial charge in [0.15, 0.2) is 0 Å². The zero-order valence-corrected chi connectivity index (χ0v) is 10.6. The van der Waals surface area contributed by atoms with Gasteiger partial charge in [0.25, 0.3) is 5.56 Å². The lowest BCUT2D eigenvalue weighted by Gasteiger charge is -2.00. The van der Waals surface area contributed by atoms with Crippen molar-refractivity contribution in [3.8, 4) is 0 Å². The fourth-order valence-electron chi connectivity index (χ4n) is 2.15. The lowest BCUT2D eigenvalue weighted by molar-refractivity contribution is 0.826. The van der Waals surface area contributed by atoms with Gasteiger partial charge in [0.05, 0.1) is 0 Å². The summed E-state index contributed by atoms with van der Waals surface area (Å²) in [5, 5.41) is 7.00. The molecule has 0 aliphatic carbocycles. The monoisotopic (exact) mass is 254 g/mol. The number of rotatable bonds is 3.